The third-order valence-corrected chi connectivity index (χ3v) is 4.19. The minimum Gasteiger partial charge on any atom is -0.324 e. The SMILES string of the molecule is CCCCn1c2ccccc2c2nnc(N/N=C/c3ccncc3)nc21. The van der Waals surface area contributed by atoms with Gasteiger partial charge in [0.2, 0.25) is 0 Å². The second kappa shape index (κ2) is 7.26. The fourth-order valence-electron chi connectivity index (χ4n) is 2.91. The Bertz CT molecular complexity index is 1050. The number of rotatable bonds is 6. The highest BCUT2D eigenvalue weighted by Gasteiger charge is 2.13. The first kappa shape index (κ1) is 16.1. The number of benzene rings is 1. The number of nitrogens with zero attached hydrogens (tertiary/aromatic N) is 6. The van der Waals surface area contributed by atoms with Gasteiger partial charge in [-0.1, -0.05) is 31.5 Å². The lowest BCUT2D eigenvalue weighted by Crippen LogP contribution is -2.03. The van der Waals surface area contributed by atoms with Crippen LogP contribution in [0.3, 0.4) is 0 Å². The smallest absolute Gasteiger partial charge is 0.265 e. The molecule has 130 valence electrons. The van der Waals surface area contributed by atoms with Gasteiger partial charge < -0.3 is 4.57 Å². The molecule has 0 radical (unpaired) electrons. The third-order valence-electron chi connectivity index (χ3n) is 4.19. The summed E-state index contributed by atoms with van der Waals surface area (Å²) in [6.07, 6.45) is 7.34. The van der Waals surface area contributed by atoms with E-state index in [2.05, 4.69) is 54.3 Å². The Labute approximate surface area is 150 Å². The Kier molecular flexibility index (Phi) is 4.51. The quantitative estimate of drug-likeness (QED) is 0.426. The molecule has 1 aromatic carbocycles. The van der Waals surface area contributed by atoms with Crippen molar-refractivity contribution in [2.45, 2.75) is 26.3 Å². The Morgan fingerprint density at radius 2 is 1.96 bits per heavy atom. The molecule has 3 aromatic heterocycles. The lowest BCUT2D eigenvalue weighted by molar-refractivity contribution is 0.660. The van der Waals surface area contributed by atoms with E-state index in [1.165, 1.54) is 0 Å². The van der Waals surface area contributed by atoms with Gasteiger partial charge in [0, 0.05) is 24.3 Å². The molecule has 0 aliphatic carbocycles. The van der Waals surface area contributed by atoms with E-state index in [4.69, 9.17) is 0 Å². The molecule has 0 unspecified atom stereocenters. The maximum absolute atomic E-state index is 4.65. The largest absolute Gasteiger partial charge is 0.324 e. The predicted octanol–water partition coefficient (Wildman–Crippen LogP) is 3.62. The number of para-hydroxylation sites is 1. The molecule has 7 nitrogen and oxygen atoms in total. The number of aryl methyl sites for hydroxylation is 1. The van der Waals surface area contributed by atoms with E-state index in [-0.39, 0.29) is 0 Å². The van der Waals surface area contributed by atoms with E-state index in [9.17, 15) is 0 Å². The number of aromatic nitrogens is 5. The van der Waals surface area contributed by atoms with Crippen molar-refractivity contribution in [1.29, 1.82) is 0 Å². The van der Waals surface area contributed by atoms with E-state index in [0.717, 1.165) is 47.0 Å². The van der Waals surface area contributed by atoms with Crippen LogP contribution in [0.2, 0.25) is 0 Å². The molecule has 0 saturated heterocycles. The van der Waals surface area contributed by atoms with E-state index >= 15 is 0 Å². The number of pyridine rings is 1. The first-order valence-electron chi connectivity index (χ1n) is 8.67. The average molecular weight is 345 g/mol. The molecule has 4 rings (SSSR count). The fourth-order valence-corrected chi connectivity index (χ4v) is 2.91. The number of hydrogen-bond donors (Lipinski definition) is 1. The molecule has 0 amide bonds. The zero-order chi connectivity index (χ0) is 17.8. The summed E-state index contributed by atoms with van der Waals surface area (Å²) >= 11 is 0. The summed E-state index contributed by atoms with van der Waals surface area (Å²) in [7, 11) is 0. The summed E-state index contributed by atoms with van der Waals surface area (Å²) in [5, 5.41) is 13.8. The number of anilines is 1. The molecule has 0 saturated carbocycles. The molecule has 3 heterocycles. The van der Waals surface area contributed by atoms with Crippen molar-refractivity contribution < 1.29 is 0 Å². The van der Waals surface area contributed by atoms with Gasteiger partial charge in [-0.2, -0.15) is 10.1 Å². The van der Waals surface area contributed by atoms with Crippen LogP contribution in [-0.4, -0.2) is 30.9 Å². The number of unbranched alkanes of at least 4 members (excludes halogenated alkanes) is 1. The Morgan fingerprint density at radius 3 is 2.81 bits per heavy atom. The molecule has 0 bridgehead atoms. The molecule has 0 aliphatic heterocycles. The first-order valence-corrected chi connectivity index (χ1v) is 8.67. The van der Waals surface area contributed by atoms with Gasteiger partial charge in [-0.3, -0.25) is 4.98 Å². The molecule has 4 aromatic rings. The van der Waals surface area contributed by atoms with Crippen molar-refractivity contribution in [1.82, 2.24) is 24.7 Å². The monoisotopic (exact) mass is 345 g/mol. The Balaban J connectivity index is 1.69. The van der Waals surface area contributed by atoms with Crippen LogP contribution in [0.15, 0.2) is 53.9 Å². The Hall–Kier alpha value is -3.35. The number of hydrazone groups is 1. The van der Waals surface area contributed by atoms with Crippen LogP contribution in [0.4, 0.5) is 5.95 Å². The maximum atomic E-state index is 4.65. The zero-order valence-corrected chi connectivity index (χ0v) is 14.5. The van der Waals surface area contributed by atoms with E-state index in [1.807, 2.05) is 24.3 Å². The molecule has 0 fully saturated rings. The summed E-state index contributed by atoms with van der Waals surface area (Å²) in [5.41, 5.74) is 6.59. The van der Waals surface area contributed by atoms with Crippen molar-refractivity contribution in [3.63, 3.8) is 0 Å². The standard InChI is InChI=1S/C19H19N7/c1-2-3-12-26-16-7-5-4-6-15(16)17-18(26)22-19(25-23-17)24-21-13-14-8-10-20-11-9-14/h4-11,13H,2-3,12H2,1H3,(H,22,24,25)/b21-13+. The highest BCUT2D eigenvalue weighted by atomic mass is 15.4. The Morgan fingerprint density at radius 1 is 1.12 bits per heavy atom. The second-order valence-corrected chi connectivity index (χ2v) is 5.98. The lowest BCUT2D eigenvalue weighted by Gasteiger charge is -2.05. The van der Waals surface area contributed by atoms with Crippen LogP contribution in [0.1, 0.15) is 25.3 Å². The van der Waals surface area contributed by atoms with E-state index in [1.54, 1.807) is 18.6 Å². The topological polar surface area (TPSA) is 80.9 Å². The van der Waals surface area contributed by atoms with Crippen LogP contribution < -0.4 is 5.43 Å². The molecule has 1 N–H and O–H groups in total. The molecule has 0 aliphatic rings. The number of hydrogen-bond acceptors (Lipinski definition) is 6. The summed E-state index contributed by atoms with van der Waals surface area (Å²) in [4.78, 5) is 8.63. The van der Waals surface area contributed by atoms with Gasteiger partial charge in [0.05, 0.1) is 11.7 Å². The molecular formula is C19H19N7. The van der Waals surface area contributed by atoms with Gasteiger partial charge in [0.1, 0.15) is 5.52 Å². The molecular weight excluding hydrogens is 326 g/mol. The summed E-state index contributed by atoms with van der Waals surface area (Å²) in [6, 6.07) is 12.0. The van der Waals surface area contributed by atoms with Crippen LogP contribution >= 0.6 is 0 Å². The van der Waals surface area contributed by atoms with Crippen LogP contribution in [0.25, 0.3) is 22.1 Å². The summed E-state index contributed by atoms with van der Waals surface area (Å²) in [5.74, 6) is 0.378. The highest BCUT2D eigenvalue weighted by Crippen LogP contribution is 2.26. The normalized spacial score (nSPS) is 11.6. The van der Waals surface area contributed by atoms with Crippen molar-refractivity contribution in [3.05, 3.63) is 54.4 Å². The van der Waals surface area contributed by atoms with Gasteiger partial charge in [-0.25, -0.2) is 5.43 Å². The van der Waals surface area contributed by atoms with Gasteiger partial charge in [0.25, 0.3) is 5.95 Å². The zero-order valence-electron chi connectivity index (χ0n) is 14.5. The highest BCUT2D eigenvalue weighted by molar-refractivity contribution is 6.04. The number of fused-ring (bicyclic) bond motifs is 3. The first-order chi connectivity index (χ1) is 12.9. The van der Waals surface area contributed by atoms with Crippen molar-refractivity contribution in [3.8, 4) is 0 Å². The van der Waals surface area contributed by atoms with Gasteiger partial charge in [0.15, 0.2) is 5.65 Å². The molecule has 0 atom stereocenters. The van der Waals surface area contributed by atoms with E-state index in [0.29, 0.717) is 5.95 Å². The predicted molar refractivity (Wildman–Crippen MR) is 103 cm³/mol. The van der Waals surface area contributed by atoms with Crippen LogP contribution in [-0.2, 0) is 6.54 Å². The van der Waals surface area contributed by atoms with Crippen molar-refractivity contribution in [2.24, 2.45) is 5.10 Å². The van der Waals surface area contributed by atoms with Crippen molar-refractivity contribution in [2.75, 3.05) is 5.43 Å². The summed E-state index contributed by atoms with van der Waals surface area (Å²) in [6.45, 7) is 3.08. The minimum atomic E-state index is 0.378. The van der Waals surface area contributed by atoms with Gasteiger partial charge in [-0.15, -0.1) is 10.2 Å². The fraction of sp³-hybridized carbons (Fsp3) is 0.211. The molecule has 26 heavy (non-hydrogen) atoms. The average Bonchev–Trinajstić information content (AvgIpc) is 3.00. The second-order valence-electron chi connectivity index (χ2n) is 5.98. The van der Waals surface area contributed by atoms with Crippen molar-refractivity contribution >= 4 is 34.2 Å². The van der Waals surface area contributed by atoms with Gasteiger partial charge in [-0.05, 0) is 30.2 Å². The summed E-state index contributed by atoms with van der Waals surface area (Å²) < 4.78 is 2.21. The van der Waals surface area contributed by atoms with E-state index < -0.39 is 0 Å². The lowest BCUT2D eigenvalue weighted by atomic mass is 10.2. The minimum absolute atomic E-state index is 0.378. The van der Waals surface area contributed by atoms with Crippen LogP contribution in [0, 0.1) is 0 Å². The number of nitrogens with one attached hydrogen (secondary N) is 1. The van der Waals surface area contributed by atoms with Gasteiger partial charge >= 0.3 is 0 Å². The molecule has 0 spiro atoms. The molecule has 7 heteroatoms. The van der Waals surface area contributed by atoms with Crippen LogP contribution in [0.5, 0.6) is 0 Å². The third kappa shape index (κ3) is 3.11. The maximum Gasteiger partial charge on any atom is 0.265 e.